The zero-order chi connectivity index (χ0) is 15.3. The van der Waals surface area contributed by atoms with Crippen LogP contribution in [0.15, 0.2) is 27.6 Å². The highest BCUT2D eigenvalue weighted by Gasteiger charge is 2.27. The molecule has 1 aromatic carbocycles. The van der Waals surface area contributed by atoms with Crippen molar-refractivity contribution in [1.29, 1.82) is 5.26 Å². The second-order valence-corrected chi connectivity index (χ2v) is 7.62. The number of hydrogen-bond donors (Lipinski definition) is 1. The molecule has 0 heterocycles. The van der Waals surface area contributed by atoms with E-state index in [1.165, 1.54) is 10.4 Å². The van der Waals surface area contributed by atoms with Gasteiger partial charge in [-0.3, -0.25) is 0 Å². The van der Waals surface area contributed by atoms with E-state index in [1.54, 1.807) is 12.1 Å². The van der Waals surface area contributed by atoms with E-state index in [4.69, 9.17) is 11.0 Å². The fourth-order valence-corrected chi connectivity index (χ4v) is 4.31. The van der Waals surface area contributed by atoms with E-state index in [2.05, 4.69) is 15.9 Å². The Hall–Kier alpha value is -1.10. The number of sulfonamides is 1. The largest absolute Gasteiger partial charge is 0.399 e. The van der Waals surface area contributed by atoms with E-state index in [1.807, 2.05) is 19.9 Å². The van der Waals surface area contributed by atoms with E-state index in [0.717, 1.165) is 0 Å². The zero-order valence-electron chi connectivity index (χ0n) is 11.5. The third-order valence-corrected chi connectivity index (χ3v) is 5.47. The molecule has 20 heavy (non-hydrogen) atoms. The molecule has 7 heteroatoms. The van der Waals surface area contributed by atoms with Gasteiger partial charge in [-0.2, -0.15) is 9.57 Å². The Labute approximate surface area is 128 Å². The van der Waals surface area contributed by atoms with Crippen LogP contribution in [0.2, 0.25) is 0 Å². The average Bonchev–Trinajstić information content (AvgIpc) is 2.36. The van der Waals surface area contributed by atoms with Gasteiger partial charge >= 0.3 is 0 Å². The molecule has 0 aliphatic heterocycles. The molecule has 0 spiro atoms. The number of nitrogens with zero attached hydrogens (tertiary/aromatic N) is 2. The molecule has 0 bridgehead atoms. The first-order chi connectivity index (χ1) is 9.28. The van der Waals surface area contributed by atoms with Crippen LogP contribution in [0, 0.1) is 17.2 Å². The Morgan fingerprint density at radius 1 is 1.45 bits per heavy atom. The third kappa shape index (κ3) is 4.20. The van der Waals surface area contributed by atoms with Crippen molar-refractivity contribution in [1.82, 2.24) is 4.31 Å². The van der Waals surface area contributed by atoms with Crippen LogP contribution < -0.4 is 5.73 Å². The second-order valence-electron chi connectivity index (χ2n) is 4.85. The van der Waals surface area contributed by atoms with Crippen LogP contribution in [0.4, 0.5) is 5.69 Å². The number of nitrogen functional groups attached to an aromatic ring is 1. The summed E-state index contributed by atoms with van der Waals surface area (Å²) in [6.45, 7) is 4.41. The van der Waals surface area contributed by atoms with Crippen LogP contribution in [0.1, 0.15) is 20.3 Å². The van der Waals surface area contributed by atoms with Gasteiger partial charge in [0.1, 0.15) is 0 Å². The maximum Gasteiger partial charge on any atom is 0.244 e. The van der Waals surface area contributed by atoms with Crippen molar-refractivity contribution in [3.8, 4) is 6.07 Å². The first-order valence-corrected chi connectivity index (χ1v) is 8.44. The summed E-state index contributed by atoms with van der Waals surface area (Å²) in [6, 6.07) is 6.65. The lowest BCUT2D eigenvalue weighted by Gasteiger charge is -2.23. The number of rotatable bonds is 6. The number of benzene rings is 1. The zero-order valence-corrected chi connectivity index (χ0v) is 13.9. The quantitative estimate of drug-likeness (QED) is 0.790. The van der Waals surface area contributed by atoms with E-state index in [0.29, 0.717) is 16.7 Å². The predicted molar refractivity (Wildman–Crippen MR) is 82.4 cm³/mol. The van der Waals surface area contributed by atoms with Crippen molar-refractivity contribution < 1.29 is 8.42 Å². The van der Waals surface area contributed by atoms with Crippen LogP contribution >= 0.6 is 15.9 Å². The SMILES string of the molecule is CC(C)CN(CCC#N)S(=O)(=O)c1cc(N)ccc1Br. The van der Waals surface area contributed by atoms with Gasteiger partial charge < -0.3 is 5.73 Å². The summed E-state index contributed by atoms with van der Waals surface area (Å²) in [5.74, 6) is 0.170. The van der Waals surface area contributed by atoms with Crippen LogP contribution in [0.3, 0.4) is 0 Å². The van der Waals surface area contributed by atoms with E-state index in [9.17, 15) is 8.42 Å². The normalized spacial score (nSPS) is 11.8. The van der Waals surface area contributed by atoms with Crippen molar-refractivity contribution in [3.63, 3.8) is 0 Å². The van der Waals surface area contributed by atoms with E-state index >= 15 is 0 Å². The monoisotopic (exact) mass is 359 g/mol. The molecule has 0 radical (unpaired) electrons. The lowest BCUT2D eigenvalue weighted by Crippen LogP contribution is -2.35. The predicted octanol–water partition coefficient (Wildman–Crippen LogP) is 2.59. The van der Waals surface area contributed by atoms with Crippen LogP contribution in [0.25, 0.3) is 0 Å². The molecule has 0 saturated heterocycles. The third-order valence-electron chi connectivity index (χ3n) is 2.61. The summed E-state index contributed by atoms with van der Waals surface area (Å²) in [4.78, 5) is 0.135. The standard InChI is InChI=1S/C13H18BrN3O2S/c1-10(2)9-17(7-3-6-15)20(18,19)13-8-11(16)4-5-12(13)14/h4-5,8,10H,3,7,9,16H2,1-2H3. The van der Waals surface area contributed by atoms with Crippen LogP contribution in [-0.4, -0.2) is 25.8 Å². The smallest absolute Gasteiger partial charge is 0.244 e. The van der Waals surface area contributed by atoms with Gasteiger partial charge in [-0.15, -0.1) is 0 Å². The minimum absolute atomic E-state index is 0.135. The summed E-state index contributed by atoms with van der Waals surface area (Å²) in [6.07, 6.45) is 0.159. The van der Waals surface area contributed by atoms with Crippen LogP contribution in [0.5, 0.6) is 0 Å². The van der Waals surface area contributed by atoms with Crippen molar-refractivity contribution in [2.75, 3.05) is 18.8 Å². The Morgan fingerprint density at radius 3 is 2.65 bits per heavy atom. The molecule has 0 fully saturated rings. The molecule has 0 unspecified atom stereocenters. The van der Waals surface area contributed by atoms with Gasteiger partial charge in [0.15, 0.2) is 0 Å². The fourth-order valence-electron chi connectivity index (χ4n) is 1.75. The Balaban J connectivity index is 3.21. The van der Waals surface area contributed by atoms with Gasteiger partial charge in [0.2, 0.25) is 10.0 Å². The molecular formula is C13H18BrN3O2S. The first kappa shape index (κ1) is 17.0. The molecule has 1 rings (SSSR count). The highest BCUT2D eigenvalue weighted by Crippen LogP contribution is 2.27. The van der Waals surface area contributed by atoms with Gasteiger partial charge in [0.05, 0.1) is 11.0 Å². The molecule has 0 aliphatic rings. The maximum atomic E-state index is 12.7. The average molecular weight is 360 g/mol. The van der Waals surface area contributed by atoms with Gasteiger partial charge in [-0.1, -0.05) is 13.8 Å². The van der Waals surface area contributed by atoms with E-state index in [-0.39, 0.29) is 23.8 Å². The molecule has 5 nitrogen and oxygen atoms in total. The summed E-state index contributed by atoms with van der Waals surface area (Å²) in [7, 11) is -3.67. The molecule has 110 valence electrons. The van der Waals surface area contributed by atoms with Gasteiger partial charge in [-0.25, -0.2) is 8.42 Å². The lowest BCUT2D eigenvalue weighted by molar-refractivity contribution is 0.372. The molecule has 0 atom stereocenters. The minimum Gasteiger partial charge on any atom is -0.399 e. The first-order valence-electron chi connectivity index (χ1n) is 6.21. The molecule has 0 amide bonds. The molecule has 0 aliphatic carbocycles. The highest BCUT2D eigenvalue weighted by atomic mass is 79.9. The lowest BCUT2D eigenvalue weighted by atomic mass is 10.2. The molecule has 0 saturated carbocycles. The number of halogens is 1. The summed E-state index contributed by atoms with van der Waals surface area (Å²) in [5, 5.41) is 8.68. The topological polar surface area (TPSA) is 87.2 Å². The van der Waals surface area contributed by atoms with Gasteiger partial charge in [-0.05, 0) is 40.0 Å². The summed E-state index contributed by atoms with van der Waals surface area (Å²) >= 11 is 3.24. The maximum absolute atomic E-state index is 12.7. The molecule has 2 N–H and O–H groups in total. The molecule has 1 aromatic rings. The van der Waals surface area contributed by atoms with Gasteiger partial charge in [0, 0.05) is 29.7 Å². The molecule has 0 aromatic heterocycles. The van der Waals surface area contributed by atoms with Crippen LogP contribution in [-0.2, 0) is 10.0 Å². The van der Waals surface area contributed by atoms with E-state index < -0.39 is 10.0 Å². The number of anilines is 1. The number of nitrogens with two attached hydrogens (primary N) is 1. The van der Waals surface area contributed by atoms with Crippen molar-refractivity contribution in [2.45, 2.75) is 25.2 Å². The number of nitriles is 1. The Kier molecular flexibility index (Phi) is 5.99. The Bertz CT molecular complexity index is 609. The minimum atomic E-state index is -3.67. The second kappa shape index (κ2) is 7.07. The summed E-state index contributed by atoms with van der Waals surface area (Å²) < 4.78 is 27.2. The Morgan fingerprint density at radius 2 is 2.10 bits per heavy atom. The van der Waals surface area contributed by atoms with Gasteiger partial charge in [0.25, 0.3) is 0 Å². The van der Waals surface area contributed by atoms with Crippen molar-refractivity contribution in [3.05, 3.63) is 22.7 Å². The molecular weight excluding hydrogens is 342 g/mol. The fraction of sp³-hybridized carbons (Fsp3) is 0.462. The van der Waals surface area contributed by atoms with Crippen molar-refractivity contribution in [2.24, 2.45) is 5.92 Å². The van der Waals surface area contributed by atoms with Crippen molar-refractivity contribution >= 4 is 31.6 Å². The number of hydrogen-bond acceptors (Lipinski definition) is 4. The summed E-state index contributed by atoms with van der Waals surface area (Å²) in [5.41, 5.74) is 6.06. The highest BCUT2D eigenvalue weighted by molar-refractivity contribution is 9.10.